The normalized spacial score (nSPS) is 28.6. The highest BCUT2D eigenvalue weighted by Gasteiger charge is 2.42. The lowest BCUT2D eigenvalue weighted by atomic mass is 10.1. The molecule has 1 aliphatic carbocycles. The number of nitriles is 1. The molecule has 0 aromatic heterocycles. The fraction of sp³-hybridized carbons (Fsp3) is 0.909. The SMILES string of the molecule is N#CCC1(COCC2CCOC2)CC1. The van der Waals surface area contributed by atoms with Crippen LogP contribution in [-0.4, -0.2) is 26.4 Å². The summed E-state index contributed by atoms with van der Waals surface area (Å²) in [6, 6.07) is 2.24. The van der Waals surface area contributed by atoms with Crippen molar-refractivity contribution < 1.29 is 9.47 Å². The Hall–Kier alpha value is -0.590. The molecule has 2 rings (SSSR count). The molecule has 1 saturated heterocycles. The van der Waals surface area contributed by atoms with Gasteiger partial charge in [0.2, 0.25) is 0 Å². The molecular weight excluding hydrogens is 178 g/mol. The predicted octanol–water partition coefficient (Wildman–Crippen LogP) is 1.73. The van der Waals surface area contributed by atoms with E-state index in [4.69, 9.17) is 14.7 Å². The van der Waals surface area contributed by atoms with Crippen molar-refractivity contribution in [2.75, 3.05) is 26.4 Å². The van der Waals surface area contributed by atoms with E-state index in [1.54, 1.807) is 0 Å². The molecule has 2 fully saturated rings. The van der Waals surface area contributed by atoms with Gasteiger partial charge in [-0.25, -0.2) is 0 Å². The molecule has 0 amide bonds. The highest BCUT2D eigenvalue weighted by Crippen LogP contribution is 2.48. The molecule has 1 unspecified atom stereocenters. The zero-order valence-corrected chi connectivity index (χ0v) is 8.50. The third-order valence-electron chi connectivity index (χ3n) is 3.20. The lowest BCUT2D eigenvalue weighted by Gasteiger charge is -2.13. The van der Waals surface area contributed by atoms with Gasteiger partial charge < -0.3 is 9.47 Å². The van der Waals surface area contributed by atoms with Crippen LogP contribution in [0.1, 0.15) is 25.7 Å². The Morgan fingerprint density at radius 3 is 2.93 bits per heavy atom. The van der Waals surface area contributed by atoms with E-state index in [2.05, 4.69) is 6.07 Å². The first-order valence-electron chi connectivity index (χ1n) is 5.37. The molecule has 1 atom stereocenters. The smallest absolute Gasteiger partial charge is 0.0628 e. The van der Waals surface area contributed by atoms with Crippen LogP contribution in [0.5, 0.6) is 0 Å². The third kappa shape index (κ3) is 2.46. The summed E-state index contributed by atoms with van der Waals surface area (Å²) in [5.41, 5.74) is 0.230. The molecule has 78 valence electrons. The largest absolute Gasteiger partial charge is 0.381 e. The van der Waals surface area contributed by atoms with Gasteiger partial charge in [0.25, 0.3) is 0 Å². The summed E-state index contributed by atoms with van der Waals surface area (Å²) < 4.78 is 10.9. The Morgan fingerprint density at radius 1 is 1.50 bits per heavy atom. The van der Waals surface area contributed by atoms with Crippen molar-refractivity contribution in [2.45, 2.75) is 25.7 Å². The monoisotopic (exact) mass is 195 g/mol. The summed E-state index contributed by atoms with van der Waals surface area (Å²) in [5, 5.41) is 8.63. The van der Waals surface area contributed by atoms with Crippen molar-refractivity contribution in [2.24, 2.45) is 11.3 Å². The molecular formula is C11H17NO2. The van der Waals surface area contributed by atoms with E-state index in [1.807, 2.05) is 0 Å². The van der Waals surface area contributed by atoms with E-state index >= 15 is 0 Å². The van der Waals surface area contributed by atoms with Crippen molar-refractivity contribution in [3.63, 3.8) is 0 Å². The van der Waals surface area contributed by atoms with Crippen LogP contribution in [0.3, 0.4) is 0 Å². The Bertz CT molecular complexity index is 224. The summed E-state index contributed by atoms with van der Waals surface area (Å²) in [7, 11) is 0. The van der Waals surface area contributed by atoms with Crippen molar-refractivity contribution in [1.29, 1.82) is 5.26 Å². The van der Waals surface area contributed by atoms with E-state index in [0.717, 1.165) is 32.8 Å². The molecule has 0 N–H and O–H groups in total. The van der Waals surface area contributed by atoms with Gasteiger partial charge in [0.1, 0.15) is 0 Å². The molecule has 0 spiro atoms. The first kappa shape index (κ1) is 9.95. The standard InChI is InChI=1S/C11H17NO2/c12-5-4-11(2-3-11)9-14-8-10-1-6-13-7-10/h10H,1-4,6-9H2. The average molecular weight is 195 g/mol. The summed E-state index contributed by atoms with van der Waals surface area (Å²) in [5.74, 6) is 0.591. The molecule has 0 aromatic rings. The zero-order chi connectivity index (χ0) is 9.86. The maximum absolute atomic E-state index is 8.63. The minimum absolute atomic E-state index is 0.230. The van der Waals surface area contributed by atoms with E-state index in [0.29, 0.717) is 12.3 Å². The second kappa shape index (κ2) is 4.29. The van der Waals surface area contributed by atoms with Crippen molar-refractivity contribution >= 4 is 0 Å². The van der Waals surface area contributed by atoms with Gasteiger partial charge in [-0.05, 0) is 19.3 Å². The van der Waals surface area contributed by atoms with Crippen LogP contribution in [-0.2, 0) is 9.47 Å². The highest BCUT2D eigenvalue weighted by atomic mass is 16.5. The van der Waals surface area contributed by atoms with Gasteiger partial charge in [0, 0.05) is 24.4 Å². The molecule has 1 heterocycles. The second-order valence-electron chi connectivity index (χ2n) is 4.58. The predicted molar refractivity (Wildman–Crippen MR) is 51.6 cm³/mol. The van der Waals surface area contributed by atoms with Crippen molar-refractivity contribution in [3.05, 3.63) is 0 Å². The number of nitrogens with zero attached hydrogens (tertiary/aromatic N) is 1. The summed E-state index contributed by atoms with van der Waals surface area (Å²) in [4.78, 5) is 0. The van der Waals surface area contributed by atoms with Gasteiger partial charge in [0.15, 0.2) is 0 Å². The number of hydrogen-bond acceptors (Lipinski definition) is 3. The number of hydrogen-bond donors (Lipinski definition) is 0. The quantitative estimate of drug-likeness (QED) is 0.671. The lowest BCUT2D eigenvalue weighted by Crippen LogP contribution is -2.15. The van der Waals surface area contributed by atoms with Gasteiger partial charge >= 0.3 is 0 Å². The fourth-order valence-corrected chi connectivity index (χ4v) is 1.87. The number of rotatable bonds is 5. The topological polar surface area (TPSA) is 42.2 Å². The van der Waals surface area contributed by atoms with Gasteiger partial charge in [-0.1, -0.05) is 0 Å². The molecule has 3 nitrogen and oxygen atoms in total. The highest BCUT2D eigenvalue weighted by molar-refractivity contribution is 4.99. The van der Waals surface area contributed by atoms with Crippen LogP contribution in [0.2, 0.25) is 0 Å². The van der Waals surface area contributed by atoms with Crippen LogP contribution in [0.25, 0.3) is 0 Å². The molecule has 14 heavy (non-hydrogen) atoms. The van der Waals surface area contributed by atoms with Gasteiger partial charge in [0.05, 0.1) is 25.9 Å². The van der Waals surface area contributed by atoms with Crippen molar-refractivity contribution in [3.8, 4) is 6.07 Å². The number of ether oxygens (including phenoxy) is 2. The van der Waals surface area contributed by atoms with E-state index in [9.17, 15) is 0 Å². The summed E-state index contributed by atoms with van der Waals surface area (Å²) in [6.07, 6.45) is 4.13. The van der Waals surface area contributed by atoms with Crippen LogP contribution >= 0.6 is 0 Å². The lowest BCUT2D eigenvalue weighted by molar-refractivity contribution is 0.0595. The van der Waals surface area contributed by atoms with Gasteiger partial charge in [-0.2, -0.15) is 5.26 Å². The summed E-state index contributed by atoms with van der Waals surface area (Å²) in [6.45, 7) is 3.33. The fourth-order valence-electron chi connectivity index (χ4n) is 1.87. The average Bonchev–Trinajstić information content (AvgIpc) is 2.75. The zero-order valence-electron chi connectivity index (χ0n) is 8.50. The van der Waals surface area contributed by atoms with E-state index in [-0.39, 0.29) is 5.41 Å². The van der Waals surface area contributed by atoms with Gasteiger partial charge in [-0.15, -0.1) is 0 Å². The van der Waals surface area contributed by atoms with E-state index < -0.39 is 0 Å². The Labute approximate surface area is 85.0 Å². The molecule has 0 aromatic carbocycles. The Kier molecular flexibility index (Phi) is 3.05. The molecule has 3 heteroatoms. The minimum atomic E-state index is 0.230. The first-order valence-corrected chi connectivity index (χ1v) is 5.37. The van der Waals surface area contributed by atoms with Crippen LogP contribution in [0.15, 0.2) is 0 Å². The first-order chi connectivity index (χ1) is 6.85. The minimum Gasteiger partial charge on any atom is -0.381 e. The molecule has 0 radical (unpaired) electrons. The summed E-state index contributed by atoms with van der Waals surface area (Å²) >= 11 is 0. The molecule has 0 bridgehead atoms. The van der Waals surface area contributed by atoms with Gasteiger partial charge in [-0.3, -0.25) is 0 Å². The van der Waals surface area contributed by atoms with Crippen LogP contribution < -0.4 is 0 Å². The van der Waals surface area contributed by atoms with Crippen molar-refractivity contribution in [1.82, 2.24) is 0 Å². The van der Waals surface area contributed by atoms with E-state index in [1.165, 1.54) is 12.8 Å². The maximum Gasteiger partial charge on any atom is 0.0628 e. The molecule has 1 saturated carbocycles. The molecule has 1 aliphatic heterocycles. The van der Waals surface area contributed by atoms with Crippen LogP contribution in [0.4, 0.5) is 0 Å². The molecule has 2 aliphatic rings. The third-order valence-corrected chi connectivity index (χ3v) is 3.20. The second-order valence-corrected chi connectivity index (χ2v) is 4.58. The van der Waals surface area contributed by atoms with Crippen LogP contribution in [0, 0.1) is 22.7 Å². The Balaban J connectivity index is 1.60. The maximum atomic E-state index is 8.63. The Morgan fingerprint density at radius 2 is 2.36 bits per heavy atom.